The molecule has 1 amide bonds. The molecule has 0 spiro atoms. The number of carbonyl (C=O) groups is 2. The molecule has 3 aromatic heterocycles. The van der Waals surface area contributed by atoms with E-state index in [0.29, 0.717) is 16.8 Å². The summed E-state index contributed by atoms with van der Waals surface area (Å²) in [6.07, 6.45) is -0.908. The van der Waals surface area contributed by atoms with Crippen molar-refractivity contribution < 1.29 is 41.4 Å². The van der Waals surface area contributed by atoms with Gasteiger partial charge in [-0.15, -0.1) is 0 Å². The lowest BCUT2D eigenvalue weighted by Crippen LogP contribution is -2.55. The van der Waals surface area contributed by atoms with Gasteiger partial charge in [-0.05, 0) is 18.2 Å². The standard InChI is InChI=1S/C20H16F2N6O2S.C2HF3O2/c21-20(22)6-10-27(12-17(20)30-19-26-14-5-7-23-11-16(14)31-19)18(29)13-3-1-2-4-15(13)28-24-8-9-25-28;3-2(4,5)1(6)7/h1-5,7-9,11,17H,6,10,12H2;(H,6,7). The Labute approximate surface area is 214 Å². The Bertz CT molecular complexity index is 1400. The monoisotopic (exact) mass is 556 g/mol. The zero-order chi connectivity index (χ0) is 27.5. The van der Waals surface area contributed by atoms with Crippen molar-refractivity contribution in [3.8, 4) is 10.9 Å². The molecule has 0 bridgehead atoms. The Morgan fingerprint density at radius 3 is 2.45 bits per heavy atom. The second-order valence-corrected chi connectivity index (χ2v) is 8.82. The van der Waals surface area contributed by atoms with E-state index >= 15 is 0 Å². The highest BCUT2D eigenvalue weighted by molar-refractivity contribution is 7.20. The summed E-state index contributed by atoms with van der Waals surface area (Å²) in [7, 11) is 0. The van der Waals surface area contributed by atoms with Gasteiger partial charge in [0.2, 0.25) is 0 Å². The van der Waals surface area contributed by atoms with Gasteiger partial charge in [0.1, 0.15) is 0 Å². The van der Waals surface area contributed by atoms with Crippen LogP contribution in [0.5, 0.6) is 5.19 Å². The summed E-state index contributed by atoms with van der Waals surface area (Å²) in [6.45, 7) is -0.350. The fourth-order valence-corrected chi connectivity index (χ4v) is 4.28. The molecule has 4 aromatic rings. The minimum Gasteiger partial charge on any atom is -0.475 e. The molecule has 1 aliphatic rings. The van der Waals surface area contributed by atoms with E-state index in [1.807, 2.05) is 0 Å². The van der Waals surface area contributed by atoms with E-state index < -0.39 is 30.6 Å². The van der Waals surface area contributed by atoms with Crippen LogP contribution in [0.1, 0.15) is 16.8 Å². The molecule has 1 fully saturated rings. The number of carboxylic acids is 1. The van der Waals surface area contributed by atoms with E-state index in [9.17, 15) is 26.7 Å². The first kappa shape index (κ1) is 26.8. The summed E-state index contributed by atoms with van der Waals surface area (Å²) in [5, 5.41) is 15.4. The highest BCUT2D eigenvalue weighted by atomic mass is 32.1. The quantitative estimate of drug-likeness (QED) is 0.377. The number of hydrogen-bond donors (Lipinski definition) is 1. The average Bonchev–Trinajstić information content (AvgIpc) is 3.54. The summed E-state index contributed by atoms with van der Waals surface area (Å²) < 4.78 is 67.3. The molecule has 0 radical (unpaired) electrons. The van der Waals surface area contributed by atoms with Crippen molar-refractivity contribution in [2.24, 2.45) is 0 Å². The van der Waals surface area contributed by atoms with Gasteiger partial charge in [0.15, 0.2) is 6.10 Å². The number of thiazole rings is 1. The fourth-order valence-electron chi connectivity index (χ4n) is 3.45. The number of fused-ring (bicyclic) bond motifs is 1. The van der Waals surface area contributed by atoms with E-state index in [4.69, 9.17) is 14.6 Å². The third kappa shape index (κ3) is 6.01. The normalized spacial score (nSPS) is 17.0. The van der Waals surface area contributed by atoms with Crippen LogP contribution in [0.2, 0.25) is 0 Å². The number of benzene rings is 1. The van der Waals surface area contributed by atoms with E-state index in [1.54, 1.807) is 42.7 Å². The first-order chi connectivity index (χ1) is 18.0. The van der Waals surface area contributed by atoms with Gasteiger partial charge in [-0.1, -0.05) is 23.5 Å². The first-order valence-corrected chi connectivity index (χ1v) is 11.6. The number of carbonyl (C=O) groups excluding carboxylic acids is 1. The highest BCUT2D eigenvalue weighted by Gasteiger charge is 2.47. The maximum absolute atomic E-state index is 14.6. The van der Waals surface area contributed by atoms with Crippen LogP contribution in [-0.4, -0.2) is 78.1 Å². The molecule has 0 saturated carbocycles. The largest absolute Gasteiger partial charge is 0.490 e. The van der Waals surface area contributed by atoms with E-state index in [1.165, 1.54) is 22.1 Å². The molecule has 38 heavy (non-hydrogen) atoms. The number of amides is 1. The molecule has 1 unspecified atom stereocenters. The van der Waals surface area contributed by atoms with Gasteiger partial charge in [0, 0.05) is 25.4 Å². The Hall–Kier alpha value is -4.21. The van der Waals surface area contributed by atoms with Gasteiger partial charge in [-0.3, -0.25) is 9.78 Å². The fraction of sp³-hybridized carbons (Fsp3) is 0.273. The number of pyridine rings is 1. The number of aliphatic carboxylic acids is 1. The Kier molecular flexibility index (Phi) is 7.52. The number of ether oxygens (including phenoxy) is 1. The Morgan fingerprint density at radius 1 is 1.11 bits per heavy atom. The van der Waals surface area contributed by atoms with Crippen LogP contribution in [-0.2, 0) is 4.79 Å². The molecular formula is C22H17F5N6O4S. The number of alkyl halides is 5. The predicted octanol–water partition coefficient (Wildman–Crippen LogP) is 3.83. The summed E-state index contributed by atoms with van der Waals surface area (Å²) in [5.41, 5.74) is 1.43. The molecule has 1 N–H and O–H groups in total. The number of nitrogens with zero attached hydrogens (tertiary/aromatic N) is 6. The summed E-state index contributed by atoms with van der Waals surface area (Å²) in [4.78, 5) is 33.0. The Balaban J connectivity index is 0.000000426. The first-order valence-electron chi connectivity index (χ1n) is 10.8. The minimum absolute atomic E-state index is 0.0870. The van der Waals surface area contributed by atoms with Crippen molar-refractivity contribution in [1.82, 2.24) is 29.9 Å². The van der Waals surface area contributed by atoms with Crippen molar-refractivity contribution >= 4 is 33.4 Å². The number of halogens is 5. The lowest BCUT2D eigenvalue weighted by Gasteiger charge is -2.37. The lowest BCUT2D eigenvalue weighted by atomic mass is 10.0. The van der Waals surface area contributed by atoms with Crippen LogP contribution in [0.3, 0.4) is 0 Å². The van der Waals surface area contributed by atoms with Crippen LogP contribution in [0.4, 0.5) is 22.0 Å². The van der Waals surface area contributed by atoms with Crippen LogP contribution in [0.25, 0.3) is 15.9 Å². The minimum atomic E-state index is -5.08. The topological polar surface area (TPSA) is 123 Å². The third-order valence-electron chi connectivity index (χ3n) is 5.29. The predicted molar refractivity (Wildman–Crippen MR) is 122 cm³/mol. The summed E-state index contributed by atoms with van der Waals surface area (Å²) in [5.74, 6) is -6.23. The molecule has 1 aliphatic heterocycles. The molecule has 16 heteroatoms. The third-order valence-corrected chi connectivity index (χ3v) is 6.18. The van der Waals surface area contributed by atoms with Crippen molar-refractivity contribution in [1.29, 1.82) is 0 Å². The lowest BCUT2D eigenvalue weighted by molar-refractivity contribution is -0.192. The molecule has 0 aliphatic carbocycles. The zero-order valence-corrected chi connectivity index (χ0v) is 19.9. The number of hydrogen-bond acceptors (Lipinski definition) is 8. The van der Waals surface area contributed by atoms with Crippen molar-refractivity contribution in [3.05, 3.63) is 60.7 Å². The molecule has 1 aromatic carbocycles. The number of rotatable bonds is 4. The number of aromatic nitrogens is 5. The number of likely N-dealkylation sites (tertiary alicyclic amines) is 1. The second-order valence-electron chi connectivity index (χ2n) is 7.83. The van der Waals surface area contributed by atoms with Gasteiger partial charge in [0.25, 0.3) is 17.0 Å². The molecule has 1 saturated heterocycles. The maximum Gasteiger partial charge on any atom is 0.490 e. The van der Waals surface area contributed by atoms with Crippen molar-refractivity contribution in [2.45, 2.75) is 24.6 Å². The van der Waals surface area contributed by atoms with Crippen LogP contribution in [0, 0.1) is 0 Å². The molecule has 1 atom stereocenters. The molecule has 5 rings (SSSR count). The SMILES string of the molecule is O=C(O)C(F)(F)F.O=C(c1ccccc1-n1nccn1)N1CCC(F)(F)C(Oc2nc3ccncc3s2)C1. The van der Waals surface area contributed by atoms with Crippen LogP contribution in [0.15, 0.2) is 55.1 Å². The number of para-hydroxylation sites is 1. The second kappa shape index (κ2) is 10.6. The molecular weight excluding hydrogens is 539 g/mol. The van der Waals surface area contributed by atoms with Gasteiger partial charge in [-0.25, -0.2) is 18.6 Å². The molecule has 10 nitrogen and oxygen atoms in total. The van der Waals surface area contributed by atoms with Crippen LogP contribution < -0.4 is 4.74 Å². The van der Waals surface area contributed by atoms with Crippen molar-refractivity contribution in [2.75, 3.05) is 13.1 Å². The van der Waals surface area contributed by atoms with Gasteiger partial charge in [-0.2, -0.15) is 28.2 Å². The number of carboxylic acid groups (broad SMARTS) is 1. The summed E-state index contributed by atoms with van der Waals surface area (Å²) in [6, 6.07) is 8.49. The van der Waals surface area contributed by atoms with Crippen LogP contribution >= 0.6 is 11.3 Å². The average molecular weight is 556 g/mol. The highest BCUT2D eigenvalue weighted by Crippen LogP contribution is 2.35. The van der Waals surface area contributed by atoms with E-state index in [0.717, 1.165) is 16.0 Å². The molecule has 200 valence electrons. The molecule has 4 heterocycles. The Morgan fingerprint density at radius 2 is 1.79 bits per heavy atom. The van der Waals surface area contributed by atoms with Gasteiger partial charge >= 0.3 is 12.1 Å². The zero-order valence-electron chi connectivity index (χ0n) is 19.0. The smallest absolute Gasteiger partial charge is 0.475 e. The van der Waals surface area contributed by atoms with Crippen molar-refractivity contribution in [3.63, 3.8) is 0 Å². The van der Waals surface area contributed by atoms with Gasteiger partial charge in [0.05, 0.1) is 40.4 Å². The number of piperidine rings is 1. The maximum atomic E-state index is 14.6. The summed E-state index contributed by atoms with van der Waals surface area (Å²) >= 11 is 1.15. The van der Waals surface area contributed by atoms with Gasteiger partial charge < -0.3 is 14.7 Å². The van der Waals surface area contributed by atoms with E-state index in [-0.39, 0.29) is 24.2 Å². The van der Waals surface area contributed by atoms with E-state index in [2.05, 4.69) is 20.2 Å².